The van der Waals surface area contributed by atoms with Gasteiger partial charge in [-0.15, -0.1) is 0 Å². The molecule has 3 aliphatic rings. The molecule has 3 fully saturated rings. The number of likely N-dealkylation sites (tertiary alicyclic amines) is 1. The molecule has 1 aliphatic carbocycles. The molecule has 2 N–H and O–H groups in total. The normalized spacial score (nSPS) is 36.7. The summed E-state index contributed by atoms with van der Waals surface area (Å²) in [5.41, 5.74) is 7.73. The number of nitrogens with zero attached hydrogens (tertiary/aromatic N) is 1. The van der Waals surface area contributed by atoms with Gasteiger partial charge >= 0.3 is 0 Å². The topological polar surface area (TPSA) is 44.4 Å². The third-order valence-electron chi connectivity index (χ3n) is 6.04. The molecule has 5 heteroatoms. The van der Waals surface area contributed by atoms with Crippen molar-refractivity contribution in [1.29, 1.82) is 0 Å². The lowest BCUT2D eigenvalue weighted by Crippen LogP contribution is -2.61. The van der Waals surface area contributed by atoms with Crippen LogP contribution < -0.4 is 10.9 Å². The minimum Gasteiger partial charge on any atom is -0.339 e. The average molecular weight is 317 g/mol. The molecule has 1 aromatic rings. The molecule has 2 aliphatic heterocycles. The molecule has 1 aromatic carbocycles. The predicted molar refractivity (Wildman–Crippen MR) is 86.1 cm³/mol. The van der Waals surface area contributed by atoms with E-state index in [1.54, 1.807) is 12.1 Å². The number of fused-ring (bicyclic) bond motifs is 3. The highest BCUT2D eigenvalue weighted by Crippen LogP contribution is 2.44. The van der Waals surface area contributed by atoms with Gasteiger partial charge in [0.15, 0.2) is 0 Å². The molecule has 1 amide bonds. The van der Waals surface area contributed by atoms with Gasteiger partial charge in [0.25, 0.3) is 0 Å². The Hall–Kier alpha value is -1.46. The largest absolute Gasteiger partial charge is 0.339 e. The first-order valence-electron chi connectivity index (χ1n) is 8.73. The number of hydrogen-bond donors (Lipinski definition) is 2. The zero-order chi connectivity index (χ0) is 16.0. The summed E-state index contributed by atoms with van der Waals surface area (Å²) in [6.45, 7) is 3.59. The van der Waals surface area contributed by atoms with E-state index in [1.165, 1.54) is 5.56 Å². The second-order valence-electron chi connectivity index (χ2n) is 7.07. The summed E-state index contributed by atoms with van der Waals surface area (Å²) in [7, 11) is 0. The number of carbonyl (C=O) groups excluding carboxylic acids is 1. The Labute approximate surface area is 136 Å². The van der Waals surface area contributed by atoms with E-state index in [2.05, 4.69) is 22.7 Å². The van der Waals surface area contributed by atoms with Gasteiger partial charge in [0.05, 0.1) is 5.92 Å². The number of rotatable bonds is 2. The zero-order valence-corrected chi connectivity index (χ0v) is 13.5. The highest BCUT2D eigenvalue weighted by molar-refractivity contribution is 5.81. The number of carbonyl (C=O) groups is 1. The van der Waals surface area contributed by atoms with Crippen LogP contribution in [-0.4, -0.2) is 36.0 Å². The van der Waals surface area contributed by atoms with Crippen LogP contribution >= 0.6 is 0 Å². The fraction of sp³-hybridized carbons (Fsp3) is 0.611. The van der Waals surface area contributed by atoms with Crippen molar-refractivity contribution in [3.8, 4) is 0 Å². The van der Waals surface area contributed by atoms with Crippen LogP contribution in [0.5, 0.6) is 0 Å². The van der Waals surface area contributed by atoms with E-state index in [0.717, 1.165) is 32.4 Å². The van der Waals surface area contributed by atoms with Gasteiger partial charge in [0.2, 0.25) is 5.91 Å². The molecule has 1 saturated carbocycles. The summed E-state index contributed by atoms with van der Waals surface area (Å²) in [6.07, 6.45) is 3.22. The van der Waals surface area contributed by atoms with Crippen LogP contribution in [0.1, 0.15) is 37.7 Å². The van der Waals surface area contributed by atoms with Crippen molar-refractivity contribution in [1.82, 2.24) is 15.8 Å². The Morgan fingerprint density at radius 1 is 1.26 bits per heavy atom. The van der Waals surface area contributed by atoms with Crippen molar-refractivity contribution in [2.75, 3.05) is 13.1 Å². The van der Waals surface area contributed by atoms with E-state index in [9.17, 15) is 9.18 Å². The number of hydrazine groups is 1. The lowest BCUT2D eigenvalue weighted by Gasteiger charge is -2.50. The molecule has 0 bridgehead atoms. The zero-order valence-electron chi connectivity index (χ0n) is 13.5. The van der Waals surface area contributed by atoms with Gasteiger partial charge in [-0.05, 0) is 55.7 Å². The molecule has 5 unspecified atom stereocenters. The van der Waals surface area contributed by atoms with Crippen molar-refractivity contribution < 1.29 is 9.18 Å². The average Bonchev–Trinajstić information content (AvgIpc) is 3.06. The number of hydrogen-bond acceptors (Lipinski definition) is 3. The summed E-state index contributed by atoms with van der Waals surface area (Å²) >= 11 is 0. The highest BCUT2D eigenvalue weighted by atomic mass is 19.1. The molecular weight excluding hydrogens is 293 g/mol. The number of amides is 1. The Morgan fingerprint density at radius 3 is 2.78 bits per heavy atom. The maximum atomic E-state index is 13.2. The Kier molecular flexibility index (Phi) is 3.85. The second-order valence-corrected chi connectivity index (χ2v) is 7.07. The summed E-state index contributed by atoms with van der Waals surface area (Å²) in [4.78, 5) is 14.9. The van der Waals surface area contributed by atoms with Crippen LogP contribution in [0.2, 0.25) is 0 Å². The lowest BCUT2D eigenvalue weighted by molar-refractivity contribution is -0.146. The van der Waals surface area contributed by atoms with Gasteiger partial charge in [-0.25, -0.2) is 4.39 Å². The minimum atomic E-state index is -0.186. The molecule has 23 heavy (non-hydrogen) atoms. The maximum absolute atomic E-state index is 13.2. The van der Waals surface area contributed by atoms with Gasteiger partial charge in [-0.1, -0.05) is 12.1 Å². The maximum Gasteiger partial charge on any atom is 0.228 e. The van der Waals surface area contributed by atoms with E-state index in [1.807, 2.05) is 12.1 Å². The fourth-order valence-electron chi connectivity index (χ4n) is 4.91. The van der Waals surface area contributed by atoms with Crippen LogP contribution in [0.25, 0.3) is 0 Å². The summed E-state index contributed by atoms with van der Waals surface area (Å²) < 4.78 is 13.2. The number of halogens is 1. The van der Waals surface area contributed by atoms with E-state index >= 15 is 0 Å². The predicted octanol–water partition coefficient (Wildman–Crippen LogP) is 2.03. The van der Waals surface area contributed by atoms with Gasteiger partial charge in [0.1, 0.15) is 5.82 Å². The van der Waals surface area contributed by atoms with Gasteiger partial charge in [-0.3, -0.25) is 15.6 Å². The molecular formula is C18H24FN3O. The first-order valence-corrected chi connectivity index (χ1v) is 8.73. The van der Waals surface area contributed by atoms with Crippen LogP contribution in [0.15, 0.2) is 24.3 Å². The monoisotopic (exact) mass is 317 g/mol. The SMILES string of the molecule is CCN1C(=O)C2CNNC2C2CCC(c3ccc(F)cc3)CC21. The molecule has 4 nitrogen and oxygen atoms in total. The van der Waals surface area contributed by atoms with E-state index in [4.69, 9.17) is 0 Å². The van der Waals surface area contributed by atoms with Crippen molar-refractivity contribution in [3.63, 3.8) is 0 Å². The summed E-state index contributed by atoms with van der Waals surface area (Å²) in [6, 6.07) is 7.46. The van der Waals surface area contributed by atoms with Crippen molar-refractivity contribution >= 4 is 5.91 Å². The first-order chi connectivity index (χ1) is 11.2. The number of piperidine rings is 1. The second kappa shape index (κ2) is 5.87. The lowest BCUT2D eigenvalue weighted by atomic mass is 9.67. The molecule has 5 atom stereocenters. The number of nitrogens with one attached hydrogen (secondary N) is 2. The van der Waals surface area contributed by atoms with Gasteiger partial charge in [-0.2, -0.15) is 0 Å². The van der Waals surface area contributed by atoms with Crippen molar-refractivity contribution in [2.24, 2.45) is 11.8 Å². The van der Waals surface area contributed by atoms with Crippen LogP contribution in [0.4, 0.5) is 4.39 Å². The number of benzene rings is 1. The molecule has 0 spiro atoms. The fourth-order valence-corrected chi connectivity index (χ4v) is 4.91. The smallest absolute Gasteiger partial charge is 0.228 e. The van der Waals surface area contributed by atoms with Gasteiger partial charge < -0.3 is 4.90 Å². The van der Waals surface area contributed by atoms with Gasteiger partial charge in [0, 0.05) is 25.2 Å². The van der Waals surface area contributed by atoms with Crippen LogP contribution in [-0.2, 0) is 4.79 Å². The first kappa shape index (κ1) is 15.1. The highest BCUT2D eigenvalue weighted by Gasteiger charge is 2.51. The summed E-state index contributed by atoms with van der Waals surface area (Å²) in [5.74, 6) is 1.12. The van der Waals surface area contributed by atoms with Crippen molar-refractivity contribution in [2.45, 2.75) is 44.2 Å². The third kappa shape index (κ3) is 2.46. The molecule has 0 radical (unpaired) electrons. The third-order valence-corrected chi connectivity index (χ3v) is 6.04. The standard InChI is InChI=1S/C18H24FN3O/c1-2-22-16-9-12(11-3-6-13(19)7-4-11)5-8-14(16)17-15(18(22)23)10-20-21-17/h3-4,6-7,12,14-17,20-21H,2,5,8-10H2,1H3. The molecule has 124 valence electrons. The Bertz CT molecular complexity index is 590. The minimum absolute atomic E-state index is 0.0820. The quantitative estimate of drug-likeness (QED) is 0.877. The molecule has 2 saturated heterocycles. The van der Waals surface area contributed by atoms with E-state index in [0.29, 0.717) is 17.9 Å². The Morgan fingerprint density at radius 2 is 2.04 bits per heavy atom. The molecule has 0 aromatic heterocycles. The molecule has 2 heterocycles. The van der Waals surface area contributed by atoms with Crippen LogP contribution in [0, 0.1) is 17.7 Å². The summed E-state index contributed by atoms with van der Waals surface area (Å²) in [5, 5.41) is 0. The Balaban J connectivity index is 1.59. The van der Waals surface area contributed by atoms with E-state index < -0.39 is 0 Å². The van der Waals surface area contributed by atoms with E-state index in [-0.39, 0.29) is 23.7 Å². The molecule has 4 rings (SSSR count). The van der Waals surface area contributed by atoms with Crippen molar-refractivity contribution in [3.05, 3.63) is 35.6 Å². The van der Waals surface area contributed by atoms with Crippen LogP contribution in [0.3, 0.4) is 0 Å².